The van der Waals surface area contributed by atoms with E-state index in [1.54, 1.807) is 6.07 Å². The summed E-state index contributed by atoms with van der Waals surface area (Å²) in [7, 11) is 0. The van der Waals surface area contributed by atoms with E-state index in [1.807, 2.05) is 52.0 Å². The van der Waals surface area contributed by atoms with Crippen LogP contribution in [0.1, 0.15) is 38.8 Å². The molecular weight excluding hydrogens is 343 g/mol. The highest BCUT2D eigenvalue weighted by Gasteiger charge is 2.25. The van der Waals surface area contributed by atoms with E-state index in [4.69, 9.17) is 4.74 Å². The fourth-order valence-corrected chi connectivity index (χ4v) is 3.17. The van der Waals surface area contributed by atoms with Crippen molar-refractivity contribution in [3.8, 4) is 5.75 Å². The quantitative estimate of drug-likeness (QED) is 0.622. The van der Waals surface area contributed by atoms with Crippen LogP contribution in [0.5, 0.6) is 5.75 Å². The monoisotopic (exact) mass is 370 g/mol. The Balaban J connectivity index is 1.79. The van der Waals surface area contributed by atoms with Crippen molar-refractivity contribution in [2.24, 2.45) is 5.41 Å². The minimum Gasteiger partial charge on any atom is -0.426 e. The second kappa shape index (κ2) is 7.59. The van der Waals surface area contributed by atoms with E-state index in [1.165, 1.54) is 17.2 Å². The average molecular weight is 370 g/mol. The number of rotatable bonds is 4. The Morgan fingerprint density at radius 2 is 1.96 bits per heavy atom. The smallest absolute Gasteiger partial charge is 0.316 e. The minimum absolute atomic E-state index is 0.235. The Bertz CT molecular complexity index is 843. The number of hydrogen-bond donors (Lipinski definition) is 1. The lowest BCUT2D eigenvalue weighted by molar-refractivity contribution is -0.143. The van der Waals surface area contributed by atoms with Crippen LogP contribution in [0, 0.1) is 11.2 Å². The molecule has 0 bridgehead atoms. The zero-order chi connectivity index (χ0) is 19.6. The van der Waals surface area contributed by atoms with E-state index in [0.29, 0.717) is 5.75 Å². The molecule has 2 aromatic carbocycles. The van der Waals surface area contributed by atoms with E-state index in [0.717, 1.165) is 37.4 Å². The van der Waals surface area contributed by atoms with Gasteiger partial charge in [-0.05, 0) is 75.6 Å². The topological polar surface area (TPSA) is 41.6 Å². The van der Waals surface area contributed by atoms with Crippen LogP contribution in [-0.4, -0.2) is 19.1 Å². The molecule has 3 rings (SSSR count). The number of esters is 1. The largest absolute Gasteiger partial charge is 0.426 e. The fourth-order valence-electron chi connectivity index (χ4n) is 3.17. The fraction of sp³-hybridized carbons (Fsp3) is 0.409. The summed E-state index contributed by atoms with van der Waals surface area (Å²) >= 11 is 0. The molecule has 27 heavy (non-hydrogen) atoms. The number of anilines is 2. The van der Waals surface area contributed by atoms with Crippen molar-refractivity contribution in [2.45, 2.75) is 40.7 Å². The van der Waals surface area contributed by atoms with Crippen LogP contribution in [0.3, 0.4) is 0 Å². The molecule has 1 aliphatic heterocycles. The van der Waals surface area contributed by atoms with Crippen molar-refractivity contribution in [3.63, 3.8) is 0 Å². The molecule has 0 saturated carbocycles. The van der Waals surface area contributed by atoms with Gasteiger partial charge in [-0.25, -0.2) is 4.39 Å². The first-order valence-electron chi connectivity index (χ1n) is 9.40. The van der Waals surface area contributed by atoms with E-state index < -0.39 is 5.41 Å². The van der Waals surface area contributed by atoms with Gasteiger partial charge < -0.3 is 15.0 Å². The molecule has 0 aromatic heterocycles. The Morgan fingerprint density at radius 1 is 1.19 bits per heavy atom. The van der Waals surface area contributed by atoms with Gasteiger partial charge in [0, 0.05) is 19.6 Å². The molecule has 0 unspecified atom stereocenters. The van der Waals surface area contributed by atoms with Gasteiger partial charge in [0.1, 0.15) is 11.6 Å². The number of halogens is 1. The van der Waals surface area contributed by atoms with Crippen molar-refractivity contribution in [3.05, 3.63) is 53.3 Å². The van der Waals surface area contributed by atoms with Crippen LogP contribution >= 0.6 is 0 Å². The van der Waals surface area contributed by atoms with Gasteiger partial charge in [0.15, 0.2) is 0 Å². The lowest BCUT2D eigenvalue weighted by atomic mass is 9.97. The number of fused-ring (bicyclic) bond motifs is 1. The Morgan fingerprint density at radius 3 is 2.67 bits per heavy atom. The Kier molecular flexibility index (Phi) is 5.40. The first kappa shape index (κ1) is 19.2. The Hall–Kier alpha value is -2.56. The first-order valence-corrected chi connectivity index (χ1v) is 9.40. The summed E-state index contributed by atoms with van der Waals surface area (Å²) in [6.45, 7) is 9.84. The summed E-state index contributed by atoms with van der Waals surface area (Å²) in [5.41, 5.74) is 3.68. The summed E-state index contributed by atoms with van der Waals surface area (Å²) in [4.78, 5) is 14.3. The molecule has 0 radical (unpaired) electrons. The molecule has 0 amide bonds. The zero-order valence-electron chi connectivity index (χ0n) is 16.4. The van der Waals surface area contributed by atoms with Crippen molar-refractivity contribution in [1.82, 2.24) is 0 Å². The SMILES string of the molecule is CCNc1cc(F)ccc1N1CCc2cc(OC(=O)C(C)(C)C)ccc2C1. The van der Waals surface area contributed by atoms with Gasteiger partial charge in [-0.3, -0.25) is 4.79 Å². The lowest BCUT2D eigenvalue weighted by Gasteiger charge is -2.32. The number of carbonyl (C=O) groups is 1. The number of hydrogen-bond acceptors (Lipinski definition) is 4. The van der Waals surface area contributed by atoms with Gasteiger partial charge in [0.2, 0.25) is 0 Å². The van der Waals surface area contributed by atoms with E-state index in [2.05, 4.69) is 10.2 Å². The molecule has 0 saturated heterocycles. The molecule has 1 aliphatic rings. The molecule has 1 N–H and O–H groups in total. The van der Waals surface area contributed by atoms with E-state index in [-0.39, 0.29) is 11.8 Å². The van der Waals surface area contributed by atoms with Gasteiger partial charge in [-0.15, -0.1) is 0 Å². The zero-order valence-corrected chi connectivity index (χ0v) is 16.4. The molecule has 144 valence electrons. The number of benzene rings is 2. The average Bonchev–Trinajstić information content (AvgIpc) is 2.61. The van der Waals surface area contributed by atoms with Crippen LogP contribution in [0.25, 0.3) is 0 Å². The van der Waals surface area contributed by atoms with Crippen LogP contribution < -0.4 is 15.0 Å². The maximum atomic E-state index is 13.6. The highest BCUT2D eigenvalue weighted by Crippen LogP contribution is 2.32. The Labute approximate surface area is 160 Å². The minimum atomic E-state index is -0.530. The van der Waals surface area contributed by atoms with Crippen LogP contribution in [0.2, 0.25) is 0 Å². The summed E-state index contributed by atoms with van der Waals surface area (Å²) in [6, 6.07) is 10.7. The third-order valence-corrected chi connectivity index (χ3v) is 4.68. The molecule has 4 nitrogen and oxygen atoms in total. The molecule has 0 aliphatic carbocycles. The standard InChI is InChI=1S/C22H27FN2O2/c1-5-24-19-13-17(23)7-9-20(19)25-11-10-15-12-18(8-6-16(15)14-25)27-21(26)22(2,3)4/h6-9,12-13,24H,5,10-11,14H2,1-4H3. The molecule has 2 aromatic rings. The second-order valence-corrected chi connectivity index (χ2v) is 7.93. The van der Waals surface area contributed by atoms with E-state index in [9.17, 15) is 9.18 Å². The summed E-state index contributed by atoms with van der Waals surface area (Å²) in [5, 5.41) is 3.24. The van der Waals surface area contributed by atoms with Crippen molar-refractivity contribution < 1.29 is 13.9 Å². The maximum Gasteiger partial charge on any atom is 0.316 e. The highest BCUT2D eigenvalue weighted by molar-refractivity contribution is 5.78. The molecule has 0 fully saturated rings. The van der Waals surface area contributed by atoms with E-state index >= 15 is 0 Å². The van der Waals surface area contributed by atoms with Gasteiger partial charge in [-0.2, -0.15) is 0 Å². The predicted octanol–water partition coefficient (Wildman–Crippen LogP) is 4.77. The number of carbonyl (C=O) groups excluding carboxylic acids is 1. The number of nitrogens with zero attached hydrogens (tertiary/aromatic N) is 1. The maximum absolute atomic E-state index is 13.6. The molecule has 0 spiro atoms. The first-order chi connectivity index (χ1) is 12.8. The molecular formula is C22H27FN2O2. The third-order valence-electron chi connectivity index (χ3n) is 4.68. The molecule has 5 heteroatoms. The van der Waals surface area contributed by atoms with Crippen LogP contribution in [0.15, 0.2) is 36.4 Å². The summed E-state index contributed by atoms with van der Waals surface area (Å²) < 4.78 is 19.1. The van der Waals surface area contributed by atoms with Crippen molar-refractivity contribution in [2.75, 3.05) is 23.3 Å². The van der Waals surface area contributed by atoms with Gasteiger partial charge >= 0.3 is 5.97 Å². The summed E-state index contributed by atoms with van der Waals surface area (Å²) in [5.74, 6) is 0.121. The van der Waals surface area contributed by atoms with Gasteiger partial charge in [0.05, 0.1) is 16.8 Å². The predicted molar refractivity (Wildman–Crippen MR) is 107 cm³/mol. The van der Waals surface area contributed by atoms with Crippen LogP contribution in [0.4, 0.5) is 15.8 Å². The van der Waals surface area contributed by atoms with Crippen molar-refractivity contribution in [1.29, 1.82) is 0 Å². The highest BCUT2D eigenvalue weighted by atomic mass is 19.1. The second-order valence-electron chi connectivity index (χ2n) is 7.93. The summed E-state index contributed by atoms with van der Waals surface area (Å²) in [6.07, 6.45) is 0.846. The lowest BCUT2D eigenvalue weighted by Crippen LogP contribution is -2.31. The van der Waals surface area contributed by atoms with Gasteiger partial charge in [-0.1, -0.05) is 6.07 Å². The van der Waals surface area contributed by atoms with Gasteiger partial charge in [0.25, 0.3) is 0 Å². The normalized spacial score (nSPS) is 13.9. The van der Waals surface area contributed by atoms with Crippen LogP contribution in [-0.2, 0) is 17.8 Å². The number of ether oxygens (including phenoxy) is 1. The number of nitrogens with one attached hydrogen (secondary N) is 1. The third kappa shape index (κ3) is 4.41. The molecule has 0 atom stereocenters. The van der Waals surface area contributed by atoms with Crippen molar-refractivity contribution >= 4 is 17.3 Å². The molecule has 1 heterocycles.